The first-order valence-corrected chi connectivity index (χ1v) is 12.5. The van der Waals surface area contributed by atoms with Crippen LogP contribution in [0.4, 0.5) is 0 Å². The maximum absolute atomic E-state index is 5.94. The number of hydrogen-bond donors (Lipinski definition) is 0. The van der Waals surface area contributed by atoms with E-state index in [-0.39, 0.29) is 5.04 Å². The lowest BCUT2D eigenvalue weighted by atomic mass is 9.99. The highest BCUT2D eigenvalue weighted by Gasteiger charge is 2.50. The molecule has 0 aliphatic rings. The minimum atomic E-state index is -2.31. The molecule has 0 heterocycles. The van der Waals surface area contributed by atoms with Crippen molar-refractivity contribution in [1.29, 1.82) is 0 Å². The molecule has 0 amide bonds. The van der Waals surface area contributed by atoms with Gasteiger partial charge < -0.3 is 8.85 Å². The minimum Gasteiger partial charge on any atom is -0.394 e. The average Bonchev–Trinajstić information content (AvgIpc) is 2.59. The lowest BCUT2D eigenvalue weighted by Crippen LogP contribution is -2.50. The average molecular weight is 371 g/mol. The minimum absolute atomic E-state index is 0.0603. The number of allylic oxidation sites excluding steroid dienone is 1. The molecule has 0 aromatic rings. The smallest absolute Gasteiger partial charge is 0.370 e. The van der Waals surface area contributed by atoms with Gasteiger partial charge in [0.25, 0.3) is 0 Å². The van der Waals surface area contributed by atoms with Crippen LogP contribution in [-0.4, -0.2) is 22.8 Å². The van der Waals surface area contributed by atoms with Gasteiger partial charge in [-0.2, -0.15) is 0 Å². The van der Waals surface area contributed by atoms with Crippen LogP contribution in [0.1, 0.15) is 105 Å². The van der Waals surface area contributed by atoms with Crippen LogP contribution in [0.5, 0.6) is 0 Å². The second-order valence-corrected chi connectivity index (χ2v) is 12.1. The van der Waals surface area contributed by atoms with Gasteiger partial charge in [0.1, 0.15) is 0 Å². The molecular weight excluding hydrogens is 324 g/mol. The molecule has 0 bridgehead atoms. The van der Waals surface area contributed by atoms with E-state index < -0.39 is 8.56 Å². The molecular formula is C22H46O2Si. The van der Waals surface area contributed by atoms with Crippen molar-refractivity contribution in [3.05, 3.63) is 11.8 Å². The van der Waals surface area contributed by atoms with E-state index in [0.29, 0.717) is 5.92 Å². The zero-order valence-electron chi connectivity index (χ0n) is 18.3. The van der Waals surface area contributed by atoms with Crippen LogP contribution in [0.3, 0.4) is 0 Å². The summed E-state index contributed by atoms with van der Waals surface area (Å²) in [5.74, 6) is 0.529. The summed E-state index contributed by atoms with van der Waals surface area (Å²) < 4.78 is 11.9. The van der Waals surface area contributed by atoms with Gasteiger partial charge in [-0.3, -0.25) is 0 Å². The van der Waals surface area contributed by atoms with Crippen molar-refractivity contribution in [2.75, 3.05) is 14.2 Å². The molecule has 3 heteroatoms. The Labute approximate surface area is 160 Å². The van der Waals surface area contributed by atoms with Crippen LogP contribution in [0, 0.1) is 5.92 Å². The molecule has 2 nitrogen and oxygen atoms in total. The Balaban J connectivity index is 4.01. The van der Waals surface area contributed by atoms with E-state index >= 15 is 0 Å². The Morgan fingerprint density at radius 2 is 1.24 bits per heavy atom. The van der Waals surface area contributed by atoms with Crippen molar-refractivity contribution in [3.8, 4) is 0 Å². The summed E-state index contributed by atoms with van der Waals surface area (Å²) in [7, 11) is 1.31. The summed E-state index contributed by atoms with van der Waals surface area (Å²) >= 11 is 0. The Kier molecular flexibility index (Phi) is 13.9. The number of hydrogen-bond acceptors (Lipinski definition) is 2. The van der Waals surface area contributed by atoms with Gasteiger partial charge in [0, 0.05) is 19.3 Å². The van der Waals surface area contributed by atoms with E-state index in [1.54, 1.807) is 0 Å². The van der Waals surface area contributed by atoms with Gasteiger partial charge in [0.2, 0.25) is 0 Å². The van der Waals surface area contributed by atoms with E-state index in [2.05, 4.69) is 46.4 Å². The summed E-state index contributed by atoms with van der Waals surface area (Å²) in [6, 6.07) is 0. The second kappa shape index (κ2) is 14.0. The van der Waals surface area contributed by atoms with Gasteiger partial charge >= 0.3 is 8.56 Å². The summed E-state index contributed by atoms with van der Waals surface area (Å²) in [5.41, 5.74) is 2.28. The molecule has 0 aliphatic carbocycles. The van der Waals surface area contributed by atoms with Gasteiger partial charge in [0.05, 0.1) is 0 Å². The van der Waals surface area contributed by atoms with Crippen LogP contribution in [0.15, 0.2) is 11.8 Å². The lowest BCUT2D eigenvalue weighted by Gasteiger charge is -2.42. The van der Waals surface area contributed by atoms with Crippen molar-refractivity contribution in [2.45, 2.75) is 110 Å². The molecule has 0 fully saturated rings. The Hall–Kier alpha value is -0.123. The third kappa shape index (κ3) is 8.88. The van der Waals surface area contributed by atoms with Crippen molar-refractivity contribution in [1.82, 2.24) is 0 Å². The molecule has 0 aromatic heterocycles. The van der Waals surface area contributed by atoms with Crippen molar-refractivity contribution in [3.63, 3.8) is 0 Å². The maximum Gasteiger partial charge on any atom is 0.370 e. The fraction of sp³-hybridized carbons (Fsp3) is 0.909. The molecule has 0 N–H and O–H groups in total. The SMILES string of the molecule is CCCCCCCCCCCCC=C[Si](OC)(OC)C(C)(C)C(C)C. The van der Waals surface area contributed by atoms with Gasteiger partial charge in [-0.1, -0.05) is 98.5 Å². The Bertz CT molecular complexity index is 333. The molecule has 0 atom stereocenters. The highest BCUT2D eigenvalue weighted by atomic mass is 28.4. The largest absolute Gasteiger partial charge is 0.394 e. The van der Waals surface area contributed by atoms with Gasteiger partial charge in [-0.05, 0) is 24.5 Å². The molecule has 25 heavy (non-hydrogen) atoms. The van der Waals surface area contributed by atoms with Crippen LogP contribution in [0.2, 0.25) is 5.04 Å². The zero-order chi connectivity index (χ0) is 19.2. The predicted molar refractivity (Wildman–Crippen MR) is 114 cm³/mol. The number of unbranched alkanes of at least 4 members (excludes halogenated alkanes) is 10. The molecule has 0 spiro atoms. The molecule has 0 unspecified atom stereocenters. The van der Waals surface area contributed by atoms with Gasteiger partial charge in [-0.25, -0.2) is 0 Å². The van der Waals surface area contributed by atoms with Crippen molar-refractivity contribution in [2.24, 2.45) is 5.92 Å². The maximum atomic E-state index is 5.94. The highest BCUT2D eigenvalue weighted by molar-refractivity contribution is 6.75. The normalized spacial score (nSPS) is 13.3. The standard InChI is InChI=1S/C22H46O2Si/c1-8-9-10-11-12-13-14-15-16-17-18-19-20-25(23-6,24-7)22(4,5)21(2)3/h19-21H,8-18H2,1-7H3. The van der Waals surface area contributed by atoms with E-state index in [0.717, 1.165) is 6.42 Å². The summed E-state index contributed by atoms with van der Waals surface area (Å²) in [6.07, 6.45) is 17.4. The highest BCUT2D eigenvalue weighted by Crippen LogP contribution is 2.45. The zero-order valence-corrected chi connectivity index (χ0v) is 19.3. The van der Waals surface area contributed by atoms with E-state index in [1.165, 1.54) is 64.2 Å². The fourth-order valence-electron chi connectivity index (χ4n) is 3.35. The van der Waals surface area contributed by atoms with Gasteiger partial charge in [-0.15, -0.1) is 0 Å². The first kappa shape index (κ1) is 24.9. The Morgan fingerprint density at radius 1 is 0.800 bits per heavy atom. The molecule has 0 saturated heterocycles. The van der Waals surface area contributed by atoms with Crippen molar-refractivity contribution >= 4 is 8.56 Å². The third-order valence-electron chi connectivity index (χ3n) is 6.01. The van der Waals surface area contributed by atoms with Crippen molar-refractivity contribution < 1.29 is 8.85 Å². The van der Waals surface area contributed by atoms with Crippen LogP contribution < -0.4 is 0 Å². The van der Waals surface area contributed by atoms with Crippen LogP contribution in [-0.2, 0) is 8.85 Å². The monoisotopic (exact) mass is 370 g/mol. The first-order chi connectivity index (χ1) is 11.9. The summed E-state index contributed by atoms with van der Waals surface area (Å²) in [6.45, 7) is 11.4. The molecule has 0 rings (SSSR count). The quantitative estimate of drug-likeness (QED) is 0.206. The van der Waals surface area contributed by atoms with E-state index in [9.17, 15) is 0 Å². The molecule has 0 radical (unpaired) electrons. The molecule has 150 valence electrons. The van der Waals surface area contributed by atoms with Gasteiger partial charge in [0.15, 0.2) is 0 Å². The predicted octanol–water partition coefficient (Wildman–Crippen LogP) is 7.56. The summed E-state index contributed by atoms with van der Waals surface area (Å²) in [5, 5.41) is 0.0603. The van der Waals surface area contributed by atoms with E-state index in [1.807, 2.05) is 14.2 Å². The molecule has 0 aliphatic heterocycles. The first-order valence-electron chi connectivity index (χ1n) is 10.7. The second-order valence-electron chi connectivity index (χ2n) is 8.33. The van der Waals surface area contributed by atoms with Crippen LogP contribution in [0.25, 0.3) is 0 Å². The van der Waals surface area contributed by atoms with E-state index in [4.69, 9.17) is 8.85 Å². The topological polar surface area (TPSA) is 18.5 Å². The fourth-order valence-corrected chi connectivity index (χ4v) is 6.55. The number of rotatable bonds is 16. The molecule has 0 saturated carbocycles. The Morgan fingerprint density at radius 3 is 1.64 bits per heavy atom. The van der Waals surface area contributed by atoms with Crippen LogP contribution >= 0.6 is 0 Å². The molecule has 0 aromatic carbocycles. The third-order valence-corrected chi connectivity index (χ3v) is 10.3. The lowest BCUT2D eigenvalue weighted by molar-refractivity contribution is 0.205. The summed E-state index contributed by atoms with van der Waals surface area (Å²) in [4.78, 5) is 0.